The SMILES string of the molecule is COc1c2ccoc2cc2oc(=O)c3c(c12)OC(N)=C(C#N)C3c1ccccc1. The van der Waals surface area contributed by atoms with E-state index < -0.39 is 11.5 Å². The molecule has 29 heavy (non-hydrogen) atoms. The maximum absolute atomic E-state index is 13.0. The van der Waals surface area contributed by atoms with Crippen molar-refractivity contribution in [2.45, 2.75) is 5.92 Å². The van der Waals surface area contributed by atoms with E-state index in [0.717, 1.165) is 5.56 Å². The topological polar surface area (TPSA) is 112 Å². The summed E-state index contributed by atoms with van der Waals surface area (Å²) in [6, 6.07) is 14.6. The van der Waals surface area contributed by atoms with Gasteiger partial charge in [-0.25, -0.2) is 4.79 Å². The van der Waals surface area contributed by atoms with Gasteiger partial charge in [0.05, 0.1) is 30.2 Å². The van der Waals surface area contributed by atoms with Gasteiger partial charge >= 0.3 is 5.63 Å². The fourth-order valence-corrected chi connectivity index (χ4v) is 3.85. The van der Waals surface area contributed by atoms with Crippen LogP contribution >= 0.6 is 0 Å². The first-order chi connectivity index (χ1) is 14.1. The van der Waals surface area contributed by atoms with Gasteiger partial charge in [-0.3, -0.25) is 0 Å². The summed E-state index contributed by atoms with van der Waals surface area (Å²) in [5, 5.41) is 10.9. The van der Waals surface area contributed by atoms with Gasteiger partial charge in [0.15, 0.2) is 5.75 Å². The van der Waals surface area contributed by atoms with E-state index in [9.17, 15) is 10.1 Å². The van der Waals surface area contributed by atoms with Gasteiger partial charge in [0, 0.05) is 6.07 Å². The monoisotopic (exact) mass is 386 g/mol. The fraction of sp³-hybridized carbons (Fsp3) is 0.0909. The fourth-order valence-electron chi connectivity index (χ4n) is 3.85. The Balaban J connectivity index is 1.94. The zero-order valence-electron chi connectivity index (χ0n) is 15.3. The van der Waals surface area contributed by atoms with E-state index in [4.69, 9.17) is 24.0 Å². The highest BCUT2D eigenvalue weighted by atomic mass is 16.5. The molecular weight excluding hydrogens is 372 g/mol. The number of ether oxygens (including phenoxy) is 2. The summed E-state index contributed by atoms with van der Waals surface area (Å²) in [6.07, 6.45) is 1.52. The van der Waals surface area contributed by atoms with E-state index in [0.29, 0.717) is 22.1 Å². The molecule has 2 N–H and O–H groups in total. The molecule has 0 spiro atoms. The summed E-state index contributed by atoms with van der Waals surface area (Å²) in [5.41, 5.74) is 7.32. The van der Waals surface area contributed by atoms with Crippen LogP contribution in [0.25, 0.3) is 21.9 Å². The molecule has 7 nitrogen and oxygen atoms in total. The molecule has 1 aliphatic heterocycles. The number of furan rings is 1. The number of hydrogen-bond donors (Lipinski definition) is 1. The van der Waals surface area contributed by atoms with Crippen molar-refractivity contribution in [2.75, 3.05) is 7.11 Å². The molecular formula is C22H14N2O5. The minimum absolute atomic E-state index is 0.0601. The van der Waals surface area contributed by atoms with Gasteiger partial charge in [-0.15, -0.1) is 0 Å². The second-order valence-corrected chi connectivity index (χ2v) is 6.58. The summed E-state index contributed by atoms with van der Waals surface area (Å²) in [6.45, 7) is 0. The first-order valence-electron chi connectivity index (χ1n) is 8.81. The Morgan fingerprint density at radius 1 is 1.17 bits per heavy atom. The lowest BCUT2D eigenvalue weighted by Crippen LogP contribution is -2.26. The van der Waals surface area contributed by atoms with Crippen molar-refractivity contribution in [3.05, 3.63) is 81.7 Å². The average molecular weight is 386 g/mol. The molecule has 0 fully saturated rings. The van der Waals surface area contributed by atoms with Gasteiger partial charge in [0.2, 0.25) is 5.88 Å². The van der Waals surface area contributed by atoms with Gasteiger partial charge < -0.3 is 24.0 Å². The van der Waals surface area contributed by atoms with Gasteiger partial charge in [0.25, 0.3) is 0 Å². The number of methoxy groups -OCH3 is 1. The van der Waals surface area contributed by atoms with Crippen LogP contribution in [0.15, 0.2) is 73.8 Å². The Morgan fingerprint density at radius 2 is 1.97 bits per heavy atom. The van der Waals surface area contributed by atoms with Crippen LogP contribution in [0.2, 0.25) is 0 Å². The van der Waals surface area contributed by atoms with Crippen molar-refractivity contribution < 1.29 is 18.3 Å². The van der Waals surface area contributed by atoms with Crippen molar-refractivity contribution in [3.8, 4) is 17.6 Å². The smallest absolute Gasteiger partial charge is 0.344 e. The van der Waals surface area contributed by atoms with Gasteiger partial charge in [-0.1, -0.05) is 30.3 Å². The molecule has 1 unspecified atom stereocenters. The Bertz CT molecular complexity index is 1410. The molecule has 0 saturated heterocycles. The number of nitrogens with zero attached hydrogens (tertiary/aromatic N) is 1. The quantitative estimate of drug-likeness (QED) is 0.522. The van der Waals surface area contributed by atoms with E-state index in [1.165, 1.54) is 13.4 Å². The highest BCUT2D eigenvalue weighted by Gasteiger charge is 2.36. The number of fused-ring (bicyclic) bond motifs is 4. The molecule has 0 saturated carbocycles. The maximum atomic E-state index is 13.0. The lowest BCUT2D eigenvalue weighted by Gasteiger charge is -2.26. The summed E-state index contributed by atoms with van der Waals surface area (Å²) >= 11 is 0. The third-order valence-electron chi connectivity index (χ3n) is 5.08. The largest absolute Gasteiger partial charge is 0.495 e. The minimum Gasteiger partial charge on any atom is -0.495 e. The number of hydrogen-bond acceptors (Lipinski definition) is 7. The second kappa shape index (κ2) is 6.17. The molecule has 142 valence electrons. The summed E-state index contributed by atoms with van der Waals surface area (Å²) in [7, 11) is 1.51. The first-order valence-corrected chi connectivity index (χ1v) is 8.81. The Kier molecular flexibility index (Phi) is 3.61. The highest BCUT2D eigenvalue weighted by molar-refractivity contribution is 6.04. The normalized spacial score (nSPS) is 15.8. The number of nitrogens with two attached hydrogens (primary N) is 1. The summed E-state index contributed by atoms with van der Waals surface area (Å²) in [5.74, 6) is -0.113. The number of benzene rings is 2. The molecule has 1 atom stereocenters. The van der Waals surface area contributed by atoms with E-state index in [1.807, 2.05) is 30.3 Å². The third-order valence-corrected chi connectivity index (χ3v) is 5.08. The molecule has 3 heterocycles. The predicted octanol–water partition coefficient (Wildman–Crippen LogP) is 3.77. The molecule has 0 aliphatic carbocycles. The Hall–Kier alpha value is -4.18. The molecule has 7 heteroatoms. The zero-order chi connectivity index (χ0) is 20.1. The molecule has 1 aliphatic rings. The van der Waals surface area contributed by atoms with Crippen molar-refractivity contribution in [3.63, 3.8) is 0 Å². The molecule has 0 radical (unpaired) electrons. The van der Waals surface area contributed by atoms with Crippen LogP contribution in [-0.4, -0.2) is 7.11 Å². The van der Waals surface area contributed by atoms with E-state index >= 15 is 0 Å². The first kappa shape index (κ1) is 17.0. The van der Waals surface area contributed by atoms with E-state index in [2.05, 4.69) is 6.07 Å². The zero-order valence-corrected chi connectivity index (χ0v) is 15.3. The van der Waals surface area contributed by atoms with Crippen molar-refractivity contribution in [1.82, 2.24) is 0 Å². The summed E-state index contributed by atoms with van der Waals surface area (Å²) < 4.78 is 22.5. The summed E-state index contributed by atoms with van der Waals surface area (Å²) in [4.78, 5) is 13.0. The van der Waals surface area contributed by atoms with E-state index in [-0.39, 0.29) is 28.4 Å². The van der Waals surface area contributed by atoms with Crippen LogP contribution in [-0.2, 0) is 0 Å². The lowest BCUT2D eigenvalue weighted by atomic mass is 9.84. The number of rotatable bonds is 2. The Labute approximate surface area is 164 Å². The standard InChI is InChI=1S/C22H14N2O5/c1-26-19-12-7-8-27-14(12)9-15-17(19)20-18(22(25)28-15)16(11-5-3-2-4-6-11)13(10-23)21(24)29-20/h2-9,16H,24H2,1H3. The lowest BCUT2D eigenvalue weighted by molar-refractivity contribution is 0.382. The van der Waals surface area contributed by atoms with Gasteiger partial charge in [-0.05, 0) is 11.6 Å². The number of nitriles is 1. The molecule has 2 aromatic heterocycles. The maximum Gasteiger partial charge on any atom is 0.344 e. The van der Waals surface area contributed by atoms with Crippen LogP contribution in [0.4, 0.5) is 0 Å². The predicted molar refractivity (Wildman–Crippen MR) is 105 cm³/mol. The van der Waals surface area contributed by atoms with Crippen molar-refractivity contribution in [1.29, 1.82) is 5.26 Å². The molecule has 4 aromatic rings. The minimum atomic E-state index is -0.713. The van der Waals surface area contributed by atoms with Gasteiger partial charge in [0.1, 0.15) is 33.9 Å². The highest BCUT2D eigenvalue weighted by Crippen LogP contribution is 2.47. The Morgan fingerprint density at radius 3 is 2.69 bits per heavy atom. The van der Waals surface area contributed by atoms with Gasteiger partial charge in [-0.2, -0.15) is 5.26 Å². The van der Waals surface area contributed by atoms with Crippen molar-refractivity contribution in [2.24, 2.45) is 5.73 Å². The van der Waals surface area contributed by atoms with Crippen LogP contribution < -0.4 is 20.8 Å². The van der Waals surface area contributed by atoms with Crippen LogP contribution in [0, 0.1) is 11.3 Å². The van der Waals surface area contributed by atoms with Crippen LogP contribution in [0.5, 0.6) is 11.5 Å². The number of allylic oxidation sites excluding steroid dienone is 1. The average Bonchev–Trinajstić information content (AvgIpc) is 3.20. The van der Waals surface area contributed by atoms with Crippen molar-refractivity contribution >= 4 is 21.9 Å². The van der Waals surface area contributed by atoms with Crippen LogP contribution in [0.1, 0.15) is 17.0 Å². The molecule has 0 amide bonds. The molecule has 2 aromatic carbocycles. The molecule has 0 bridgehead atoms. The second-order valence-electron chi connectivity index (χ2n) is 6.58. The van der Waals surface area contributed by atoms with Crippen LogP contribution in [0.3, 0.4) is 0 Å². The molecule has 5 rings (SSSR count). The third kappa shape index (κ3) is 2.33. The van der Waals surface area contributed by atoms with E-state index in [1.54, 1.807) is 12.1 Å².